The summed E-state index contributed by atoms with van der Waals surface area (Å²) >= 11 is 1.51. The third kappa shape index (κ3) is 6.20. The van der Waals surface area contributed by atoms with Gasteiger partial charge in [-0.05, 0) is 36.6 Å². The molecule has 25 heavy (non-hydrogen) atoms. The highest BCUT2D eigenvalue weighted by atomic mass is 32.2. The van der Waals surface area contributed by atoms with Crippen molar-refractivity contribution in [3.8, 4) is 0 Å². The molecule has 1 aromatic carbocycles. The van der Waals surface area contributed by atoms with Crippen LogP contribution in [0.3, 0.4) is 0 Å². The lowest BCUT2D eigenvalue weighted by Crippen LogP contribution is -2.35. The molecule has 0 aliphatic carbocycles. The zero-order valence-electron chi connectivity index (χ0n) is 13.7. The highest BCUT2D eigenvalue weighted by Crippen LogP contribution is 2.14. The van der Waals surface area contributed by atoms with Crippen LogP contribution in [0.5, 0.6) is 0 Å². The van der Waals surface area contributed by atoms with Crippen molar-refractivity contribution in [2.75, 3.05) is 11.0 Å². The number of sulfonamides is 1. The number of amides is 1. The molecule has 1 amide bonds. The van der Waals surface area contributed by atoms with E-state index in [9.17, 15) is 18.0 Å². The lowest BCUT2D eigenvalue weighted by molar-refractivity contribution is -0.129. The molecule has 0 aliphatic heterocycles. The molecule has 1 heterocycles. The molecule has 2 rings (SSSR count). The summed E-state index contributed by atoms with van der Waals surface area (Å²) in [6.07, 6.45) is 0.0387. The van der Waals surface area contributed by atoms with Crippen LogP contribution >= 0.6 is 11.3 Å². The summed E-state index contributed by atoms with van der Waals surface area (Å²) in [5.74, 6) is -1.12. The van der Waals surface area contributed by atoms with Crippen LogP contribution in [0.25, 0.3) is 0 Å². The Morgan fingerprint density at radius 2 is 2.00 bits per heavy atom. The molecular formula is C16H18N2O5S2. The minimum atomic E-state index is -3.45. The average molecular weight is 382 g/mol. The number of hydrogen-bond acceptors (Lipinski definition) is 6. The second-order valence-corrected chi connectivity index (χ2v) is 8.08. The van der Waals surface area contributed by atoms with Gasteiger partial charge in [-0.1, -0.05) is 12.1 Å². The Balaban J connectivity index is 1.94. The molecule has 1 atom stereocenters. The fraction of sp³-hybridized carbons (Fsp3) is 0.250. The summed E-state index contributed by atoms with van der Waals surface area (Å²) in [4.78, 5) is 25.1. The molecule has 1 unspecified atom stereocenters. The molecule has 0 bridgehead atoms. The number of ether oxygens (including phenoxy) is 1. The Bertz CT molecular complexity index is 847. The molecule has 0 fully saturated rings. The Morgan fingerprint density at radius 3 is 2.64 bits per heavy atom. The van der Waals surface area contributed by atoms with Gasteiger partial charge in [0, 0.05) is 10.6 Å². The Kier molecular flexibility index (Phi) is 6.16. The van der Waals surface area contributed by atoms with Crippen LogP contribution in [-0.2, 0) is 26.1 Å². The van der Waals surface area contributed by atoms with Gasteiger partial charge in [0.15, 0.2) is 6.10 Å². The van der Waals surface area contributed by atoms with Gasteiger partial charge in [0.05, 0.1) is 18.4 Å². The third-order valence-corrected chi connectivity index (χ3v) is 4.55. The SMILES string of the molecule is CC(OC(=O)c1cccc(NS(C)(=O)=O)c1)C(=O)NCc1cccs1. The van der Waals surface area contributed by atoms with Gasteiger partial charge in [0.2, 0.25) is 10.0 Å². The number of esters is 1. The molecule has 7 nitrogen and oxygen atoms in total. The van der Waals surface area contributed by atoms with Crippen molar-refractivity contribution in [1.82, 2.24) is 5.32 Å². The minimum absolute atomic E-state index is 0.145. The number of nitrogens with one attached hydrogen (secondary N) is 2. The van der Waals surface area contributed by atoms with E-state index in [0.717, 1.165) is 11.1 Å². The second kappa shape index (κ2) is 8.13. The summed E-state index contributed by atoms with van der Waals surface area (Å²) in [6.45, 7) is 1.84. The lowest BCUT2D eigenvalue weighted by Gasteiger charge is -2.13. The number of hydrogen-bond donors (Lipinski definition) is 2. The van der Waals surface area contributed by atoms with Crippen LogP contribution in [0.4, 0.5) is 5.69 Å². The van der Waals surface area contributed by atoms with E-state index >= 15 is 0 Å². The maximum Gasteiger partial charge on any atom is 0.338 e. The number of carbonyl (C=O) groups is 2. The van der Waals surface area contributed by atoms with Crippen molar-refractivity contribution in [1.29, 1.82) is 0 Å². The van der Waals surface area contributed by atoms with E-state index in [-0.39, 0.29) is 11.3 Å². The van der Waals surface area contributed by atoms with Gasteiger partial charge in [0.1, 0.15) is 0 Å². The highest BCUT2D eigenvalue weighted by molar-refractivity contribution is 7.92. The van der Waals surface area contributed by atoms with Crippen LogP contribution in [0.1, 0.15) is 22.2 Å². The zero-order chi connectivity index (χ0) is 18.4. The van der Waals surface area contributed by atoms with Gasteiger partial charge in [-0.25, -0.2) is 13.2 Å². The van der Waals surface area contributed by atoms with Crippen LogP contribution in [0, 0.1) is 0 Å². The van der Waals surface area contributed by atoms with E-state index in [1.54, 1.807) is 0 Å². The van der Waals surface area contributed by atoms with Crippen molar-refractivity contribution in [2.45, 2.75) is 19.6 Å². The summed E-state index contributed by atoms with van der Waals surface area (Å²) in [5, 5.41) is 4.59. The quantitative estimate of drug-likeness (QED) is 0.713. The van der Waals surface area contributed by atoms with E-state index in [2.05, 4.69) is 10.0 Å². The first kappa shape index (κ1) is 18.9. The van der Waals surface area contributed by atoms with Gasteiger partial charge in [-0.3, -0.25) is 9.52 Å². The first-order valence-electron chi connectivity index (χ1n) is 7.33. The number of carbonyl (C=O) groups excluding carboxylic acids is 2. The molecule has 1 aromatic heterocycles. The van der Waals surface area contributed by atoms with Crippen molar-refractivity contribution < 1.29 is 22.7 Å². The van der Waals surface area contributed by atoms with Gasteiger partial charge in [-0.2, -0.15) is 0 Å². The number of rotatable bonds is 7. The van der Waals surface area contributed by atoms with Gasteiger partial charge in [0.25, 0.3) is 5.91 Å². The summed E-state index contributed by atoms with van der Waals surface area (Å²) in [5.41, 5.74) is 0.387. The van der Waals surface area contributed by atoms with E-state index in [0.29, 0.717) is 6.54 Å². The molecule has 2 aromatic rings. The third-order valence-electron chi connectivity index (χ3n) is 3.07. The van der Waals surface area contributed by atoms with Crippen molar-refractivity contribution in [3.63, 3.8) is 0 Å². The lowest BCUT2D eigenvalue weighted by atomic mass is 10.2. The largest absolute Gasteiger partial charge is 0.449 e. The number of thiophene rings is 1. The Hall–Kier alpha value is -2.39. The monoisotopic (exact) mass is 382 g/mol. The molecule has 0 aliphatic rings. The van der Waals surface area contributed by atoms with Crippen LogP contribution in [0.15, 0.2) is 41.8 Å². The molecule has 0 saturated heterocycles. The fourth-order valence-corrected chi connectivity index (χ4v) is 3.14. The van der Waals surface area contributed by atoms with E-state index in [1.807, 2.05) is 17.5 Å². The predicted octanol–water partition coefficient (Wildman–Crippen LogP) is 1.98. The smallest absolute Gasteiger partial charge is 0.338 e. The second-order valence-electron chi connectivity index (χ2n) is 5.30. The van der Waals surface area contributed by atoms with E-state index < -0.39 is 28.0 Å². The highest BCUT2D eigenvalue weighted by Gasteiger charge is 2.19. The Morgan fingerprint density at radius 1 is 1.24 bits per heavy atom. The summed E-state index contributed by atoms with van der Waals surface area (Å²) < 4.78 is 29.9. The van der Waals surface area contributed by atoms with Crippen LogP contribution in [0.2, 0.25) is 0 Å². The van der Waals surface area contributed by atoms with E-state index in [1.165, 1.54) is 42.5 Å². The standard InChI is InChI=1S/C16H18N2O5S2/c1-11(15(19)17-10-14-7-4-8-24-14)23-16(20)12-5-3-6-13(9-12)18-25(2,21)22/h3-9,11,18H,10H2,1-2H3,(H,17,19). The van der Waals surface area contributed by atoms with Crippen molar-refractivity contribution in [2.24, 2.45) is 0 Å². The van der Waals surface area contributed by atoms with Crippen molar-refractivity contribution in [3.05, 3.63) is 52.2 Å². The molecule has 134 valence electrons. The molecule has 0 saturated carbocycles. The molecule has 0 radical (unpaired) electrons. The maximum atomic E-state index is 12.1. The number of anilines is 1. The predicted molar refractivity (Wildman–Crippen MR) is 96.0 cm³/mol. The van der Waals surface area contributed by atoms with Gasteiger partial charge >= 0.3 is 5.97 Å². The Labute approximate surface area is 150 Å². The molecule has 2 N–H and O–H groups in total. The van der Waals surface area contributed by atoms with Gasteiger partial charge < -0.3 is 10.1 Å². The zero-order valence-corrected chi connectivity index (χ0v) is 15.3. The normalized spacial score (nSPS) is 12.2. The van der Waals surface area contributed by atoms with Gasteiger partial charge in [-0.15, -0.1) is 11.3 Å². The topological polar surface area (TPSA) is 102 Å². The summed E-state index contributed by atoms with van der Waals surface area (Å²) in [7, 11) is -3.45. The average Bonchev–Trinajstić information content (AvgIpc) is 3.04. The van der Waals surface area contributed by atoms with Crippen LogP contribution in [-0.4, -0.2) is 32.7 Å². The maximum absolute atomic E-state index is 12.1. The summed E-state index contributed by atoms with van der Waals surface area (Å²) in [6, 6.07) is 9.63. The first-order valence-corrected chi connectivity index (χ1v) is 10.1. The minimum Gasteiger partial charge on any atom is -0.449 e. The van der Waals surface area contributed by atoms with Crippen molar-refractivity contribution >= 4 is 38.9 Å². The van der Waals surface area contributed by atoms with Crippen LogP contribution < -0.4 is 10.0 Å². The van der Waals surface area contributed by atoms with E-state index in [4.69, 9.17) is 4.74 Å². The molecule has 0 spiro atoms. The molecule has 9 heteroatoms. The fourth-order valence-electron chi connectivity index (χ4n) is 1.94. The number of benzene rings is 1. The first-order chi connectivity index (χ1) is 11.7. The molecular weight excluding hydrogens is 364 g/mol.